The zero-order chi connectivity index (χ0) is 29.9. The summed E-state index contributed by atoms with van der Waals surface area (Å²) in [5.41, 5.74) is 0.589. The number of fused-ring (bicyclic) bond motifs is 5. The van der Waals surface area contributed by atoms with Crippen LogP contribution in [0.25, 0.3) is 21.5 Å². The van der Waals surface area contributed by atoms with E-state index in [1.165, 1.54) is 12.1 Å². The van der Waals surface area contributed by atoms with Crippen LogP contribution in [0.5, 0.6) is 0 Å². The van der Waals surface area contributed by atoms with Crippen LogP contribution in [0.2, 0.25) is 0 Å². The number of aryl methyl sites for hydroxylation is 1. The highest BCUT2D eigenvalue weighted by Gasteiger charge is 2.43. The van der Waals surface area contributed by atoms with Gasteiger partial charge in [-0.3, -0.25) is 9.59 Å². The summed E-state index contributed by atoms with van der Waals surface area (Å²) in [5.74, 6) is -3.57. The lowest BCUT2D eigenvalue weighted by Gasteiger charge is -2.31. The molecule has 2 atom stereocenters. The molecule has 8 heteroatoms. The third kappa shape index (κ3) is 6.28. The molecule has 0 spiro atoms. The van der Waals surface area contributed by atoms with Crippen molar-refractivity contribution >= 4 is 44.4 Å². The van der Waals surface area contributed by atoms with Crippen molar-refractivity contribution < 1.29 is 31.5 Å². The third-order valence-corrected chi connectivity index (χ3v) is 8.28. The molecule has 42 heavy (non-hydrogen) atoms. The fraction of sp³-hybridized carbons (Fsp3) is 0.235. The maximum Gasteiger partial charge on any atom is 0.389 e. The summed E-state index contributed by atoms with van der Waals surface area (Å²) in [6.07, 6.45) is -8.70. The van der Waals surface area contributed by atoms with Crippen LogP contribution in [-0.2, 0) is 11.2 Å². The van der Waals surface area contributed by atoms with Crippen LogP contribution in [0.3, 0.4) is 0 Å². The van der Waals surface area contributed by atoms with E-state index in [0.29, 0.717) is 22.6 Å². The van der Waals surface area contributed by atoms with Crippen molar-refractivity contribution in [3.63, 3.8) is 0 Å². The first-order valence-electron chi connectivity index (χ1n) is 13.6. The molecule has 0 radical (unpaired) electrons. The monoisotopic (exact) mass is 594 g/mol. The van der Waals surface area contributed by atoms with E-state index < -0.39 is 48.8 Å². The third-order valence-electron chi connectivity index (χ3n) is 7.65. The molecule has 1 heterocycles. The molecule has 2 unspecified atom stereocenters. The van der Waals surface area contributed by atoms with E-state index in [1.54, 1.807) is 41.7 Å². The maximum absolute atomic E-state index is 14.3. The lowest BCUT2D eigenvalue weighted by molar-refractivity contribution is -0.139. The Kier molecular flexibility index (Phi) is 8.82. The quantitative estimate of drug-likeness (QED) is 0.111. The summed E-state index contributed by atoms with van der Waals surface area (Å²) in [4.78, 5) is 27.3. The van der Waals surface area contributed by atoms with Gasteiger partial charge in [0.15, 0.2) is 11.6 Å². The SMILES string of the molecule is O=C1c2c(ccc3c2c(C(F)F)cc2ccccc23)C(CCC(F)(F)F)C(=O)C1CCc1ccccc1.c1ccsc1. The van der Waals surface area contributed by atoms with E-state index in [9.17, 15) is 31.5 Å². The van der Waals surface area contributed by atoms with Crippen molar-refractivity contribution in [2.45, 2.75) is 44.2 Å². The van der Waals surface area contributed by atoms with Gasteiger partial charge in [-0.1, -0.05) is 78.9 Å². The van der Waals surface area contributed by atoms with E-state index in [-0.39, 0.29) is 28.5 Å². The molecule has 1 aliphatic rings. The molecule has 0 saturated carbocycles. The number of ketones is 2. The Labute approximate surface area is 243 Å². The van der Waals surface area contributed by atoms with Crippen LogP contribution in [0.4, 0.5) is 22.0 Å². The zero-order valence-electron chi connectivity index (χ0n) is 22.4. The predicted octanol–water partition coefficient (Wildman–Crippen LogP) is 10.1. The number of carbonyl (C=O) groups excluding carboxylic acids is 2. The second-order valence-electron chi connectivity index (χ2n) is 10.3. The largest absolute Gasteiger partial charge is 0.389 e. The van der Waals surface area contributed by atoms with Crippen LogP contribution < -0.4 is 0 Å². The van der Waals surface area contributed by atoms with Crippen molar-refractivity contribution in [3.8, 4) is 0 Å². The highest BCUT2D eigenvalue weighted by Crippen LogP contribution is 2.45. The van der Waals surface area contributed by atoms with Gasteiger partial charge in [0.25, 0.3) is 6.43 Å². The molecule has 4 aromatic carbocycles. The zero-order valence-corrected chi connectivity index (χ0v) is 23.2. The molecule has 0 N–H and O–H groups in total. The van der Waals surface area contributed by atoms with Gasteiger partial charge < -0.3 is 0 Å². The number of hydrogen-bond donors (Lipinski definition) is 0. The summed E-state index contributed by atoms with van der Waals surface area (Å²) in [5, 5.41) is 5.76. The minimum Gasteiger partial charge on any atom is -0.298 e. The molecule has 0 aliphatic heterocycles. The molecule has 6 rings (SSSR count). The summed E-state index contributed by atoms with van der Waals surface area (Å²) < 4.78 is 68.2. The standard InChI is InChI=1S/C30H23F5O2.C4H4S/c31-29(32)24-16-18-8-4-5-9-19(18)20-12-13-21-22(14-15-30(33,34)35)27(36)23(28(37)26(21)25(20)24)11-10-17-6-2-1-3-7-17;1-2-4-5-3-1/h1-9,12-13,16,22-23,29H,10-11,14-15H2;1-4H. The molecular formula is C34H27F5O2S. The Bertz CT molecular complexity index is 1680. The summed E-state index contributed by atoms with van der Waals surface area (Å²) in [6, 6.07) is 24.4. The Morgan fingerprint density at radius 1 is 0.762 bits per heavy atom. The number of rotatable bonds is 6. The van der Waals surface area contributed by atoms with Crippen molar-refractivity contribution in [3.05, 3.63) is 118 Å². The number of alkyl halides is 5. The minimum atomic E-state index is -4.50. The van der Waals surface area contributed by atoms with Gasteiger partial charge in [-0.15, -0.1) is 0 Å². The van der Waals surface area contributed by atoms with Crippen molar-refractivity contribution in [1.82, 2.24) is 0 Å². The average Bonchev–Trinajstić information content (AvgIpc) is 3.56. The maximum atomic E-state index is 14.3. The smallest absolute Gasteiger partial charge is 0.298 e. The molecule has 1 aromatic heterocycles. The molecule has 5 aromatic rings. The molecule has 0 saturated heterocycles. The lowest BCUT2D eigenvalue weighted by atomic mass is 9.69. The molecule has 0 amide bonds. The average molecular weight is 595 g/mol. The van der Waals surface area contributed by atoms with E-state index in [4.69, 9.17) is 0 Å². The van der Waals surface area contributed by atoms with Gasteiger partial charge in [-0.05, 0) is 63.4 Å². The number of thiophene rings is 1. The minimum absolute atomic E-state index is 0.0328. The highest BCUT2D eigenvalue weighted by atomic mass is 32.1. The topological polar surface area (TPSA) is 34.1 Å². The molecule has 0 fully saturated rings. The van der Waals surface area contributed by atoms with Gasteiger partial charge in [0.1, 0.15) is 0 Å². The number of benzene rings is 4. The molecular weight excluding hydrogens is 567 g/mol. The molecule has 0 bridgehead atoms. The first-order chi connectivity index (χ1) is 20.2. The molecule has 2 nitrogen and oxygen atoms in total. The summed E-state index contributed by atoms with van der Waals surface area (Å²) in [6.45, 7) is 0. The Balaban J connectivity index is 0.000000639. The fourth-order valence-electron chi connectivity index (χ4n) is 5.74. The van der Waals surface area contributed by atoms with Crippen LogP contribution in [0.15, 0.2) is 95.7 Å². The Morgan fingerprint density at radius 3 is 2.10 bits per heavy atom. The van der Waals surface area contributed by atoms with E-state index in [2.05, 4.69) is 0 Å². The van der Waals surface area contributed by atoms with Gasteiger partial charge in [-0.2, -0.15) is 24.5 Å². The summed E-state index contributed by atoms with van der Waals surface area (Å²) in [7, 11) is 0. The second-order valence-corrected chi connectivity index (χ2v) is 11.1. The highest BCUT2D eigenvalue weighted by molar-refractivity contribution is 7.07. The van der Waals surface area contributed by atoms with Gasteiger partial charge in [0.2, 0.25) is 0 Å². The normalized spacial score (nSPS) is 16.9. The number of Topliss-reactive ketones (excluding diaryl/α,β-unsaturated/α-hetero) is 2. The van der Waals surface area contributed by atoms with Gasteiger partial charge in [0, 0.05) is 28.9 Å². The van der Waals surface area contributed by atoms with Crippen molar-refractivity contribution in [1.29, 1.82) is 0 Å². The fourth-order valence-corrected chi connectivity index (χ4v) is 6.19. The van der Waals surface area contributed by atoms with Crippen molar-refractivity contribution in [2.24, 2.45) is 5.92 Å². The number of hydrogen-bond acceptors (Lipinski definition) is 3. The van der Waals surface area contributed by atoms with E-state index in [1.807, 2.05) is 53.2 Å². The van der Waals surface area contributed by atoms with E-state index >= 15 is 0 Å². The first kappa shape index (κ1) is 29.6. The van der Waals surface area contributed by atoms with Crippen LogP contribution in [0.1, 0.15) is 58.7 Å². The predicted molar refractivity (Wildman–Crippen MR) is 156 cm³/mol. The van der Waals surface area contributed by atoms with Gasteiger partial charge in [0.05, 0.1) is 5.92 Å². The van der Waals surface area contributed by atoms with Crippen molar-refractivity contribution in [2.75, 3.05) is 0 Å². The Morgan fingerprint density at radius 2 is 1.45 bits per heavy atom. The first-order valence-corrected chi connectivity index (χ1v) is 14.5. The van der Waals surface area contributed by atoms with Gasteiger partial charge in [-0.25, -0.2) is 8.78 Å². The summed E-state index contributed by atoms with van der Waals surface area (Å²) >= 11 is 1.71. The lowest BCUT2D eigenvalue weighted by Crippen LogP contribution is -2.36. The number of halogens is 5. The van der Waals surface area contributed by atoms with Crippen LogP contribution in [-0.4, -0.2) is 17.7 Å². The number of carbonyl (C=O) groups is 2. The molecule has 1 aliphatic carbocycles. The van der Waals surface area contributed by atoms with Crippen LogP contribution >= 0.6 is 11.3 Å². The van der Waals surface area contributed by atoms with Gasteiger partial charge >= 0.3 is 6.18 Å². The van der Waals surface area contributed by atoms with Crippen LogP contribution in [0, 0.1) is 5.92 Å². The second kappa shape index (κ2) is 12.5. The Hall–Kier alpha value is -3.91. The van der Waals surface area contributed by atoms with E-state index in [0.717, 1.165) is 5.56 Å². The molecule has 216 valence electrons.